The van der Waals surface area contributed by atoms with Gasteiger partial charge in [-0.05, 0) is 41.5 Å². The SMILES string of the molecule is Oc1cc2c(cc1O)C1(CO2)c2ccccc2N(Cc2ccc(Cl)s2)c2ccccc21. The van der Waals surface area contributed by atoms with Crippen LogP contribution in [0.4, 0.5) is 11.4 Å². The monoisotopic (exact) mass is 447 g/mol. The molecule has 0 saturated carbocycles. The van der Waals surface area contributed by atoms with Gasteiger partial charge in [-0.3, -0.25) is 0 Å². The van der Waals surface area contributed by atoms with Gasteiger partial charge in [-0.15, -0.1) is 11.3 Å². The van der Waals surface area contributed by atoms with Crippen molar-refractivity contribution in [3.63, 3.8) is 0 Å². The van der Waals surface area contributed by atoms with Crippen LogP contribution in [0.25, 0.3) is 0 Å². The molecule has 0 saturated heterocycles. The molecule has 0 fully saturated rings. The normalized spacial score (nSPS) is 15.3. The van der Waals surface area contributed by atoms with Crippen LogP contribution in [0.2, 0.25) is 4.34 Å². The van der Waals surface area contributed by atoms with Gasteiger partial charge in [0.15, 0.2) is 11.5 Å². The van der Waals surface area contributed by atoms with Crippen molar-refractivity contribution in [2.75, 3.05) is 11.5 Å². The Morgan fingerprint density at radius 1 is 0.871 bits per heavy atom. The third kappa shape index (κ3) is 2.60. The van der Waals surface area contributed by atoms with Crippen LogP contribution in [0.5, 0.6) is 17.2 Å². The Hall–Kier alpha value is -3.15. The third-order valence-corrected chi connectivity index (χ3v) is 7.45. The highest BCUT2D eigenvalue weighted by atomic mass is 35.5. The summed E-state index contributed by atoms with van der Waals surface area (Å²) in [6.45, 7) is 1.11. The molecule has 2 N–H and O–H groups in total. The fourth-order valence-electron chi connectivity index (χ4n) is 4.90. The van der Waals surface area contributed by atoms with Crippen molar-refractivity contribution in [2.45, 2.75) is 12.0 Å². The highest BCUT2D eigenvalue weighted by Crippen LogP contribution is 2.58. The van der Waals surface area contributed by atoms with E-state index in [1.807, 2.05) is 30.3 Å². The molecule has 0 bridgehead atoms. The number of aromatic hydroxyl groups is 2. The molecular weight excluding hydrogens is 430 g/mol. The molecule has 31 heavy (non-hydrogen) atoms. The Labute approximate surface area is 188 Å². The second-order valence-electron chi connectivity index (χ2n) is 7.86. The minimum absolute atomic E-state index is 0.144. The molecule has 0 aliphatic carbocycles. The Bertz CT molecular complexity index is 1280. The number of fused-ring (bicyclic) bond motifs is 6. The Balaban J connectivity index is 1.62. The Morgan fingerprint density at radius 3 is 2.16 bits per heavy atom. The number of halogens is 1. The number of hydrogen-bond donors (Lipinski definition) is 2. The number of phenols is 2. The number of hydrogen-bond acceptors (Lipinski definition) is 5. The molecule has 154 valence electrons. The molecule has 2 aliphatic rings. The van der Waals surface area contributed by atoms with E-state index in [1.165, 1.54) is 10.9 Å². The lowest BCUT2D eigenvalue weighted by Gasteiger charge is -2.43. The van der Waals surface area contributed by atoms with Crippen molar-refractivity contribution < 1.29 is 14.9 Å². The third-order valence-electron chi connectivity index (χ3n) is 6.23. The van der Waals surface area contributed by atoms with Gasteiger partial charge in [-0.1, -0.05) is 48.0 Å². The molecule has 4 aromatic rings. The number of ether oxygens (including phenoxy) is 1. The molecule has 4 nitrogen and oxygen atoms in total. The van der Waals surface area contributed by atoms with Crippen molar-refractivity contribution in [1.82, 2.24) is 0 Å². The summed E-state index contributed by atoms with van der Waals surface area (Å²) in [6.07, 6.45) is 0. The van der Waals surface area contributed by atoms with Crippen LogP contribution >= 0.6 is 22.9 Å². The average molecular weight is 448 g/mol. The minimum atomic E-state index is -0.572. The van der Waals surface area contributed by atoms with E-state index in [9.17, 15) is 10.2 Å². The summed E-state index contributed by atoms with van der Waals surface area (Å²) in [7, 11) is 0. The summed E-state index contributed by atoms with van der Waals surface area (Å²) < 4.78 is 6.87. The van der Waals surface area contributed by atoms with Gasteiger partial charge in [0.25, 0.3) is 0 Å². The van der Waals surface area contributed by atoms with E-state index in [1.54, 1.807) is 17.4 Å². The predicted octanol–water partition coefficient (Wildman–Crippen LogP) is 6.19. The molecule has 0 amide bonds. The first-order valence-corrected chi connectivity index (χ1v) is 11.2. The van der Waals surface area contributed by atoms with Gasteiger partial charge in [0.1, 0.15) is 12.4 Å². The zero-order valence-corrected chi connectivity index (χ0v) is 18.0. The second-order valence-corrected chi connectivity index (χ2v) is 9.66. The van der Waals surface area contributed by atoms with Crippen molar-refractivity contribution in [3.8, 4) is 17.2 Å². The van der Waals surface area contributed by atoms with Crippen LogP contribution < -0.4 is 9.64 Å². The lowest BCUT2D eigenvalue weighted by atomic mass is 9.67. The van der Waals surface area contributed by atoms with Crippen molar-refractivity contribution in [2.24, 2.45) is 0 Å². The van der Waals surface area contributed by atoms with Crippen LogP contribution in [0.15, 0.2) is 72.8 Å². The Morgan fingerprint density at radius 2 is 1.52 bits per heavy atom. The number of thiophene rings is 1. The van der Waals surface area contributed by atoms with E-state index in [0.29, 0.717) is 18.9 Å². The van der Waals surface area contributed by atoms with Crippen LogP contribution in [0.3, 0.4) is 0 Å². The van der Waals surface area contributed by atoms with Gasteiger partial charge in [0, 0.05) is 27.9 Å². The molecule has 3 heterocycles. The topological polar surface area (TPSA) is 52.9 Å². The maximum atomic E-state index is 10.3. The summed E-state index contributed by atoms with van der Waals surface area (Å²) in [5.74, 6) is 0.275. The number of nitrogens with zero attached hydrogens (tertiary/aromatic N) is 1. The summed E-state index contributed by atoms with van der Waals surface area (Å²) in [5.41, 5.74) is 4.70. The zero-order valence-electron chi connectivity index (χ0n) is 16.4. The summed E-state index contributed by atoms with van der Waals surface area (Å²) in [4.78, 5) is 3.49. The first-order valence-electron chi connectivity index (χ1n) is 9.98. The lowest BCUT2D eigenvalue weighted by molar-refractivity contribution is 0.311. The molecule has 0 radical (unpaired) electrons. The maximum Gasteiger partial charge on any atom is 0.161 e. The fourth-order valence-corrected chi connectivity index (χ4v) is 5.97. The molecule has 1 aromatic heterocycles. The number of phenolic OH excluding ortho intramolecular Hbond substituents is 2. The van der Waals surface area contributed by atoms with Gasteiger partial charge in [-0.25, -0.2) is 0 Å². The van der Waals surface area contributed by atoms with Gasteiger partial charge in [-0.2, -0.15) is 0 Å². The first-order chi connectivity index (χ1) is 15.1. The highest BCUT2D eigenvalue weighted by molar-refractivity contribution is 7.16. The molecule has 0 unspecified atom stereocenters. The van der Waals surface area contributed by atoms with Crippen molar-refractivity contribution >= 4 is 34.3 Å². The summed E-state index contributed by atoms with van der Waals surface area (Å²) in [5, 5.41) is 20.3. The molecule has 0 atom stereocenters. The average Bonchev–Trinajstić information content (AvgIpc) is 3.36. The Kier molecular flexibility index (Phi) is 4.01. The quantitative estimate of drug-likeness (QED) is 0.360. The maximum absolute atomic E-state index is 10.3. The van der Waals surface area contributed by atoms with E-state index >= 15 is 0 Å². The van der Waals surface area contributed by atoms with E-state index in [2.05, 4.69) is 35.2 Å². The predicted molar refractivity (Wildman–Crippen MR) is 123 cm³/mol. The van der Waals surface area contributed by atoms with Crippen LogP contribution in [-0.2, 0) is 12.0 Å². The highest BCUT2D eigenvalue weighted by Gasteiger charge is 2.50. The van der Waals surface area contributed by atoms with Crippen molar-refractivity contribution in [1.29, 1.82) is 0 Å². The van der Waals surface area contributed by atoms with Crippen molar-refractivity contribution in [3.05, 3.63) is 98.7 Å². The minimum Gasteiger partial charge on any atom is -0.504 e. The van der Waals surface area contributed by atoms with Crippen LogP contribution in [-0.4, -0.2) is 16.8 Å². The van der Waals surface area contributed by atoms with E-state index in [0.717, 1.165) is 32.4 Å². The fraction of sp³-hybridized carbons (Fsp3) is 0.120. The molecule has 2 aliphatic heterocycles. The number of benzene rings is 3. The van der Waals surface area contributed by atoms with E-state index in [4.69, 9.17) is 16.3 Å². The van der Waals surface area contributed by atoms with E-state index in [-0.39, 0.29) is 11.5 Å². The number of para-hydroxylation sites is 2. The zero-order chi connectivity index (χ0) is 21.2. The molecular formula is C25H18ClNO3S. The second kappa shape index (κ2) is 6.67. The lowest BCUT2D eigenvalue weighted by Crippen LogP contribution is -2.39. The number of rotatable bonds is 2. The van der Waals surface area contributed by atoms with E-state index < -0.39 is 5.41 Å². The van der Waals surface area contributed by atoms with Gasteiger partial charge >= 0.3 is 0 Å². The summed E-state index contributed by atoms with van der Waals surface area (Å²) >= 11 is 7.78. The van der Waals surface area contributed by atoms with Gasteiger partial charge in [0.05, 0.1) is 16.3 Å². The van der Waals surface area contributed by atoms with Crippen LogP contribution in [0.1, 0.15) is 21.6 Å². The number of anilines is 2. The molecule has 1 spiro atoms. The summed E-state index contributed by atoms with van der Waals surface area (Å²) in [6, 6.07) is 23.8. The molecule has 3 aromatic carbocycles. The molecule has 6 heteroatoms. The first kappa shape index (κ1) is 18.6. The molecule has 6 rings (SSSR count). The smallest absolute Gasteiger partial charge is 0.161 e. The largest absolute Gasteiger partial charge is 0.504 e. The van der Waals surface area contributed by atoms with Gasteiger partial charge in [0.2, 0.25) is 0 Å². The van der Waals surface area contributed by atoms with Crippen LogP contribution in [0, 0.1) is 0 Å². The standard InChI is InChI=1S/C25H18ClNO3S/c26-24-10-9-15(31-24)13-27-19-7-3-1-5-16(19)25(17-6-2-4-8-20(17)27)14-30-23-12-22(29)21(28)11-18(23)25/h1-12,28-29H,13-14H2. The van der Waals surface area contributed by atoms with Gasteiger partial charge < -0.3 is 19.8 Å².